The van der Waals surface area contributed by atoms with Gasteiger partial charge in [-0.25, -0.2) is 18.7 Å². The summed E-state index contributed by atoms with van der Waals surface area (Å²) in [7, 11) is 0. The molecule has 38 heavy (non-hydrogen) atoms. The highest BCUT2D eigenvalue weighted by atomic mass is 16.4. The standard InChI is InChI=1S/C30H28N2O6/c1-29(2,3)18-11-12-20-23(24(18)30(4,5)6)26(34)17-14-21-16(13-22(17)32(20)28(37)38)25(33)15-9-7-8-10-19(15)31(21)27(35)36/h7-14H,1-6H3,(H,35,36)(H,37,38). The number of hydrogen-bond donors (Lipinski definition) is 2. The highest BCUT2D eigenvalue weighted by Gasteiger charge is 2.31. The molecule has 194 valence electrons. The summed E-state index contributed by atoms with van der Waals surface area (Å²) < 4.78 is 1.99. The molecule has 0 radical (unpaired) electrons. The van der Waals surface area contributed by atoms with Gasteiger partial charge in [-0.3, -0.25) is 9.59 Å². The molecular formula is C30H28N2O6. The third-order valence-electron chi connectivity index (χ3n) is 7.07. The van der Waals surface area contributed by atoms with Crippen LogP contribution >= 0.6 is 0 Å². The van der Waals surface area contributed by atoms with Crippen molar-refractivity contribution in [1.29, 1.82) is 0 Å². The van der Waals surface area contributed by atoms with Crippen molar-refractivity contribution < 1.29 is 19.8 Å². The van der Waals surface area contributed by atoms with Crippen LogP contribution in [-0.4, -0.2) is 31.5 Å². The molecule has 0 amide bonds. The summed E-state index contributed by atoms with van der Waals surface area (Å²) in [6, 6.07) is 12.5. The maximum Gasteiger partial charge on any atom is 0.416 e. The van der Waals surface area contributed by atoms with E-state index in [0.717, 1.165) is 20.3 Å². The predicted molar refractivity (Wildman–Crippen MR) is 149 cm³/mol. The molecule has 0 spiro atoms. The van der Waals surface area contributed by atoms with Crippen molar-refractivity contribution in [3.05, 3.63) is 80.1 Å². The van der Waals surface area contributed by atoms with Gasteiger partial charge in [0.25, 0.3) is 0 Å². The number of carbonyl (C=O) groups is 2. The van der Waals surface area contributed by atoms with E-state index in [0.29, 0.717) is 0 Å². The van der Waals surface area contributed by atoms with Gasteiger partial charge >= 0.3 is 12.2 Å². The first-order chi connectivity index (χ1) is 17.6. The molecule has 5 aromatic rings. The van der Waals surface area contributed by atoms with Crippen molar-refractivity contribution in [2.24, 2.45) is 0 Å². The lowest BCUT2D eigenvalue weighted by molar-refractivity contribution is 0.197. The second kappa shape index (κ2) is 8.02. The minimum Gasteiger partial charge on any atom is -0.464 e. The van der Waals surface area contributed by atoms with Crippen LogP contribution in [0.5, 0.6) is 0 Å². The maximum absolute atomic E-state index is 14.2. The second-order valence-electron chi connectivity index (χ2n) is 11.7. The van der Waals surface area contributed by atoms with Gasteiger partial charge in [0.2, 0.25) is 0 Å². The quantitative estimate of drug-likeness (QED) is 0.236. The van der Waals surface area contributed by atoms with Gasteiger partial charge in [-0.05, 0) is 52.3 Å². The lowest BCUT2D eigenvalue weighted by Crippen LogP contribution is -2.27. The van der Waals surface area contributed by atoms with Crippen LogP contribution in [0.1, 0.15) is 52.7 Å². The first-order valence-electron chi connectivity index (χ1n) is 12.2. The van der Waals surface area contributed by atoms with Gasteiger partial charge in [-0.1, -0.05) is 59.7 Å². The molecule has 2 heterocycles. The summed E-state index contributed by atoms with van der Waals surface area (Å²) in [5.41, 5.74) is 0.384. The van der Waals surface area contributed by atoms with Gasteiger partial charge in [0.15, 0.2) is 10.9 Å². The molecule has 0 fully saturated rings. The summed E-state index contributed by atoms with van der Waals surface area (Å²) in [6.07, 6.45) is -2.64. The third kappa shape index (κ3) is 3.51. The predicted octanol–water partition coefficient (Wildman–Crippen LogP) is 6.27. The van der Waals surface area contributed by atoms with Crippen LogP contribution in [0.25, 0.3) is 43.6 Å². The molecule has 0 bridgehead atoms. The topological polar surface area (TPSA) is 119 Å². The number of para-hydroxylation sites is 1. The molecule has 3 aromatic carbocycles. The van der Waals surface area contributed by atoms with E-state index in [4.69, 9.17) is 0 Å². The summed E-state index contributed by atoms with van der Waals surface area (Å²) >= 11 is 0. The fourth-order valence-electron chi connectivity index (χ4n) is 5.53. The summed E-state index contributed by atoms with van der Waals surface area (Å²) in [5.74, 6) is 0. The van der Waals surface area contributed by atoms with E-state index in [1.165, 1.54) is 24.3 Å². The zero-order chi connectivity index (χ0) is 27.9. The highest BCUT2D eigenvalue weighted by molar-refractivity contribution is 6.09. The molecule has 5 rings (SSSR count). The smallest absolute Gasteiger partial charge is 0.416 e. The minimum atomic E-state index is -1.32. The molecule has 0 unspecified atom stereocenters. The van der Waals surface area contributed by atoms with E-state index >= 15 is 0 Å². The number of benzene rings is 3. The molecule has 2 N–H and O–H groups in total. The van der Waals surface area contributed by atoms with Crippen molar-refractivity contribution in [3.63, 3.8) is 0 Å². The Morgan fingerprint density at radius 1 is 0.632 bits per heavy atom. The molecule has 8 nitrogen and oxygen atoms in total. The van der Waals surface area contributed by atoms with Crippen molar-refractivity contribution in [2.45, 2.75) is 52.4 Å². The molecule has 0 saturated heterocycles. The summed E-state index contributed by atoms with van der Waals surface area (Å²) in [5, 5.41) is 20.9. The Balaban J connectivity index is 2.16. The third-order valence-corrected chi connectivity index (χ3v) is 7.07. The Labute approximate surface area is 217 Å². The summed E-state index contributed by atoms with van der Waals surface area (Å²) in [4.78, 5) is 52.7. The molecular weight excluding hydrogens is 484 g/mol. The second-order valence-corrected chi connectivity index (χ2v) is 11.7. The number of rotatable bonds is 0. The average molecular weight is 513 g/mol. The fourth-order valence-corrected chi connectivity index (χ4v) is 5.53. The van der Waals surface area contributed by atoms with Gasteiger partial charge in [0, 0.05) is 16.2 Å². The Morgan fingerprint density at radius 2 is 1.16 bits per heavy atom. The Hall–Kier alpha value is -4.46. The van der Waals surface area contributed by atoms with Crippen molar-refractivity contribution >= 4 is 55.8 Å². The van der Waals surface area contributed by atoms with Crippen LogP contribution in [-0.2, 0) is 10.8 Å². The van der Waals surface area contributed by atoms with Gasteiger partial charge in [0.1, 0.15) is 0 Å². The zero-order valence-electron chi connectivity index (χ0n) is 22.0. The van der Waals surface area contributed by atoms with Crippen molar-refractivity contribution in [3.8, 4) is 0 Å². The number of aromatic nitrogens is 2. The van der Waals surface area contributed by atoms with Crippen LogP contribution in [0.15, 0.2) is 58.1 Å². The molecule has 0 saturated carbocycles. The number of pyridine rings is 2. The number of nitrogens with zero attached hydrogens (tertiary/aromatic N) is 2. The molecule has 2 aromatic heterocycles. The van der Waals surface area contributed by atoms with Gasteiger partial charge in [-0.2, -0.15) is 0 Å². The number of fused-ring (bicyclic) bond motifs is 4. The highest BCUT2D eigenvalue weighted by Crippen LogP contribution is 2.39. The molecule has 0 aliphatic rings. The molecule has 0 aliphatic heterocycles. The van der Waals surface area contributed by atoms with Crippen LogP contribution < -0.4 is 10.9 Å². The van der Waals surface area contributed by atoms with Gasteiger partial charge < -0.3 is 10.2 Å². The summed E-state index contributed by atoms with van der Waals surface area (Å²) in [6.45, 7) is 12.0. The van der Waals surface area contributed by atoms with E-state index in [1.54, 1.807) is 18.2 Å². The lowest BCUT2D eigenvalue weighted by atomic mass is 9.73. The Morgan fingerprint density at radius 3 is 1.68 bits per heavy atom. The SMILES string of the molecule is CC(C)(C)c1ccc2c(c1C(C)(C)C)c(=O)c1cc3c(cc1n2C(=O)O)c(=O)c1ccccc1n3C(=O)O. The molecule has 8 heteroatoms. The molecule has 0 atom stereocenters. The lowest BCUT2D eigenvalue weighted by Gasteiger charge is -2.31. The van der Waals surface area contributed by atoms with E-state index < -0.39 is 28.5 Å². The van der Waals surface area contributed by atoms with Crippen LogP contribution in [0, 0.1) is 0 Å². The zero-order valence-corrected chi connectivity index (χ0v) is 22.0. The van der Waals surface area contributed by atoms with Crippen LogP contribution in [0.3, 0.4) is 0 Å². The number of carboxylic acid groups (broad SMARTS) is 2. The van der Waals surface area contributed by atoms with E-state index in [9.17, 15) is 29.4 Å². The van der Waals surface area contributed by atoms with Gasteiger partial charge in [0.05, 0.1) is 27.5 Å². The monoisotopic (exact) mass is 512 g/mol. The van der Waals surface area contributed by atoms with E-state index in [2.05, 4.69) is 0 Å². The Kier molecular flexibility index (Phi) is 5.32. The van der Waals surface area contributed by atoms with Gasteiger partial charge in [-0.15, -0.1) is 0 Å². The number of hydrogen-bond acceptors (Lipinski definition) is 4. The first-order valence-corrected chi connectivity index (χ1v) is 12.2. The van der Waals surface area contributed by atoms with Crippen LogP contribution in [0.2, 0.25) is 0 Å². The Bertz CT molecular complexity index is 1980. The van der Waals surface area contributed by atoms with Crippen LogP contribution in [0.4, 0.5) is 9.59 Å². The van der Waals surface area contributed by atoms with E-state index in [-0.39, 0.29) is 49.0 Å². The first kappa shape index (κ1) is 25.2. The normalized spacial score (nSPS) is 12.6. The minimum absolute atomic E-state index is 0.00899. The largest absolute Gasteiger partial charge is 0.464 e. The average Bonchev–Trinajstić information content (AvgIpc) is 2.81. The van der Waals surface area contributed by atoms with Crippen molar-refractivity contribution in [2.75, 3.05) is 0 Å². The van der Waals surface area contributed by atoms with E-state index in [1.807, 2.05) is 47.6 Å². The molecule has 0 aliphatic carbocycles. The van der Waals surface area contributed by atoms with Crippen molar-refractivity contribution in [1.82, 2.24) is 9.13 Å². The fraction of sp³-hybridized carbons (Fsp3) is 0.267. The maximum atomic E-state index is 14.2.